The fourth-order valence-electron chi connectivity index (χ4n) is 2.39. The molecule has 0 heterocycles. The first-order chi connectivity index (χ1) is 9.56. The molecule has 0 spiro atoms. The molecule has 6 heteroatoms. The summed E-state index contributed by atoms with van der Waals surface area (Å²) in [4.78, 5) is 1.68. The molecule has 20 heavy (non-hydrogen) atoms. The van der Waals surface area contributed by atoms with E-state index in [9.17, 15) is 8.78 Å². The van der Waals surface area contributed by atoms with Gasteiger partial charge in [0.25, 0.3) is 0 Å². The van der Waals surface area contributed by atoms with Crippen molar-refractivity contribution >= 4 is 22.9 Å². The van der Waals surface area contributed by atoms with Crippen molar-refractivity contribution in [1.29, 1.82) is 0 Å². The SMILES string of the molecule is NC(=S)c1ccc(N(CCCO)C2CCC2)c(F)c1F. The average molecular weight is 300 g/mol. The van der Waals surface area contributed by atoms with Crippen LogP contribution in [0.2, 0.25) is 0 Å². The molecule has 3 nitrogen and oxygen atoms in total. The van der Waals surface area contributed by atoms with Crippen LogP contribution in [0.15, 0.2) is 12.1 Å². The molecule has 1 aliphatic rings. The first-order valence-corrected chi connectivity index (χ1v) is 7.12. The Hall–Kier alpha value is -1.27. The lowest BCUT2D eigenvalue weighted by atomic mass is 9.90. The van der Waals surface area contributed by atoms with Crippen molar-refractivity contribution in [2.24, 2.45) is 5.73 Å². The van der Waals surface area contributed by atoms with E-state index in [4.69, 9.17) is 23.1 Å². The number of hydrogen-bond acceptors (Lipinski definition) is 3. The molecule has 2 rings (SSSR count). The fourth-order valence-corrected chi connectivity index (χ4v) is 2.55. The van der Waals surface area contributed by atoms with Gasteiger partial charge in [0.05, 0.1) is 5.69 Å². The van der Waals surface area contributed by atoms with Gasteiger partial charge in [-0.25, -0.2) is 8.78 Å². The molecular weight excluding hydrogens is 282 g/mol. The Balaban J connectivity index is 2.32. The predicted molar refractivity (Wildman–Crippen MR) is 78.9 cm³/mol. The molecule has 1 aromatic rings. The van der Waals surface area contributed by atoms with Gasteiger partial charge in [0.15, 0.2) is 11.6 Å². The third-order valence-corrected chi connectivity index (χ3v) is 3.93. The topological polar surface area (TPSA) is 49.5 Å². The highest BCUT2D eigenvalue weighted by Gasteiger charge is 2.28. The molecule has 3 N–H and O–H groups in total. The van der Waals surface area contributed by atoms with Gasteiger partial charge in [-0.2, -0.15) is 0 Å². The van der Waals surface area contributed by atoms with Gasteiger partial charge in [-0.05, 0) is 37.8 Å². The van der Waals surface area contributed by atoms with Crippen LogP contribution >= 0.6 is 12.2 Å². The van der Waals surface area contributed by atoms with E-state index in [0.29, 0.717) is 13.0 Å². The van der Waals surface area contributed by atoms with Gasteiger partial charge in [0.1, 0.15) is 4.99 Å². The minimum atomic E-state index is -0.997. The number of benzene rings is 1. The summed E-state index contributed by atoms with van der Waals surface area (Å²) in [6.07, 6.45) is 3.54. The molecule has 1 aliphatic carbocycles. The maximum atomic E-state index is 14.2. The summed E-state index contributed by atoms with van der Waals surface area (Å²) in [6.45, 7) is 0.530. The van der Waals surface area contributed by atoms with Crippen LogP contribution in [0.5, 0.6) is 0 Å². The van der Waals surface area contributed by atoms with Crippen LogP contribution in [-0.4, -0.2) is 29.3 Å². The highest BCUT2D eigenvalue weighted by molar-refractivity contribution is 7.80. The number of nitrogens with two attached hydrogens (primary N) is 1. The number of hydrogen-bond donors (Lipinski definition) is 2. The van der Waals surface area contributed by atoms with Crippen LogP contribution in [-0.2, 0) is 0 Å². The van der Waals surface area contributed by atoms with E-state index in [2.05, 4.69) is 0 Å². The molecule has 0 saturated heterocycles. The lowest BCUT2D eigenvalue weighted by Crippen LogP contribution is -2.41. The molecule has 110 valence electrons. The first-order valence-electron chi connectivity index (χ1n) is 6.71. The molecule has 0 amide bonds. The zero-order chi connectivity index (χ0) is 14.7. The largest absolute Gasteiger partial charge is 0.396 e. The Kier molecular flexibility index (Phi) is 4.88. The number of halogens is 2. The van der Waals surface area contributed by atoms with Crippen molar-refractivity contribution in [2.45, 2.75) is 31.7 Å². The monoisotopic (exact) mass is 300 g/mol. The second-order valence-electron chi connectivity index (χ2n) is 4.98. The van der Waals surface area contributed by atoms with Gasteiger partial charge in [-0.15, -0.1) is 0 Å². The molecule has 0 atom stereocenters. The third-order valence-electron chi connectivity index (χ3n) is 3.71. The zero-order valence-corrected chi connectivity index (χ0v) is 11.9. The van der Waals surface area contributed by atoms with Crippen LogP contribution in [0.1, 0.15) is 31.2 Å². The van der Waals surface area contributed by atoms with Gasteiger partial charge in [-0.1, -0.05) is 12.2 Å². The molecule has 1 saturated carbocycles. The van der Waals surface area contributed by atoms with Gasteiger partial charge in [0.2, 0.25) is 0 Å². The Morgan fingerprint density at radius 2 is 2.05 bits per heavy atom. The van der Waals surface area contributed by atoms with Crippen molar-refractivity contribution in [3.63, 3.8) is 0 Å². The van der Waals surface area contributed by atoms with Gasteiger partial charge < -0.3 is 15.7 Å². The van der Waals surface area contributed by atoms with E-state index in [-0.39, 0.29) is 28.9 Å². The van der Waals surface area contributed by atoms with E-state index in [1.165, 1.54) is 12.1 Å². The Morgan fingerprint density at radius 1 is 1.35 bits per heavy atom. The first kappa shape index (κ1) is 15.1. The fraction of sp³-hybridized carbons (Fsp3) is 0.500. The predicted octanol–water partition coefficient (Wildman–Crippen LogP) is 2.34. The standard InChI is InChI=1S/C14H18F2N2OS/c15-12-10(14(17)20)5-6-11(13(12)16)18(7-2-8-19)9-3-1-4-9/h5-6,9,19H,1-4,7-8H2,(H2,17,20). The highest BCUT2D eigenvalue weighted by atomic mass is 32.1. The Bertz CT molecular complexity index is 506. The van der Waals surface area contributed by atoms with Crippen molar-refractivity contribution in [3.8, 4) is 0 Å². The van der Waals surface area contributed by atoms with Crippen molar-refractivity contribution in [2.75, 3.05) is 18.1 Å². The molecule has 0 radical (unpaired) electrons. The minimum absolute atomic E-state index is 0.0261. The van der Waals surface area contributed by atoms with E-state index in [1.54, 1.807) is 0 Å². The molecule has 0 bridgehead atoms. The molecular formula is C14H18F2N2OS. The van der Waals surface area contributed by atoms with E-state index >= 15 is 0 Å². The number of thiocarbonyl (C=S) groups is 1. The number of nitrogens with zero attached hydrogens (tertiary/aromatic N) is 1. The summed E-state index contributed by atoms with van der Waals surface area (Å²) in [7, 11) is 0. The lowest BCUT2D eigenvalue weighted by Gasteiger charge is -2.39. The van der Waals surface area contributed by atoms with Gasteiger partial charge >= 0.3 is 0 Å². The molecule has 1 aromatic carbocycles. The van der Waals surface area contributed by atoms with Crippen LogP contribution in [0.25, 0.3) is 0 Å². The zero-order valence-electron chi connectivity index (χ0n) is 11.1. The van der Waals surface area contributed by atoms with Gasteiger partial charge in [0, 0.05) is 24.8 Å². The van der Waals surface area contributed by atoms with Crippen LogP contribution < -0.4 is 10.6 Å². The lowest BCUT2D eigenvalue weighted by molar-refractivity contribution is 0.282. The summed E-state index contributed by atoms with van der Waals surface area (Å²) in [6, 6.07) is 3.15. The maximum Gasteiger partial charge on any atom is 0.182 e. The Morgan fingerprint density at radius 3 is 2.55 bits per heavy atom. The smallest absolute Gasteiger partial charge is 0.182 e. The molecule has 0 aromatic heterocycles. The summed E-state index contributed by atoms with van der Waals surface area (Å²) in [5, 5.41) is 8.95. The second kappa shape index (κ2) is 6.45. The number of aliphatic hydroxyl groups excluding tert-OH is 1. The van der Waals surface area contributed by atoms with Crippen LogP contribution in [0, 0.1) is 11.6 Å². The van der Waals surface area contributed by atoms with E-state index < -0.39 is 11.6 Å². The van der Waals surface area contributed by atoms with E-state index in [0.717, 1.165) is 19.3 Å². The molecule has 0 aliphatic heterocycles. The maximum absolute atomic E-state index is 14.2. The summed E-state index contributed by atoms with van der Waals surface area (Å²) < 4.78 is 28.2. The number of aliphatic hydroxyl groups is 1. The quantitative estimate of drug-likeness (QED) is 0.792. The average Bonchev–Trinajstić information content (AvgIpc) is 2.35. The van der Waals surface area contributed by atoms with Crippen LogP contribution in [0.4, 0.5) is 14.5 Å². The molecule has 0 unspecified atom stereocenters. The van der Waals surface area contributed by atoms with Crippen molar-refractivity contribution in [1.82, 2.24) is 0 Å². The summed E-state index contributed by atoms with van der Waals surface area (Å²) in [5.74, 6) is -1.91. The van der Waals surface area contributed by atoms with Crippen LogP contribution in [0.3, 0.4) is 0 Å². The summed E-state index contributed by atoms with van der Waals surface area (Å²) >= 11 is 4.70. The van der Waals surface area contributed by atoms with Crippen molar-refractivity contribution < 1.29 is 13.9 Å². The normalized spacial score (nSPS) is 14.9. The minimum Gasteiger partial charge on any atom is -0.396 e. The molecule has 1 fully saturated rings. The number of anilines is 1. The highest BCUT2D eigenvalue weighted by Crippen LogP contribution is 2.32. The van der Waals surface area contributed by atoms with Gasteiger partial charge in [-0.3, -0.25) is 0 Å². The van der Waals surface area contributed by atoms with E-state index in [1.807, 2.05) is 4.90 Å². The third kappa shape index (κ3) is 2.91. The Labute approximate surface area is 122 Å². The summed E-state index contributed by atoms with van der Waals surface area (Å²) in [5.41, 5.74) is 5.52. The second-order valence-corrected chi connectivity index (χ2v) is 5.42. The van der Waals surface area contributed by atoms with Crippen molar-refractivity contribution in [3.05, 3.63) is 29.3 Å². The number of rotatable bonds is 6.